The molecule has 0 heterocycles. The van der Waals surface area contributed by atoms with E-state index in [9.17, 15) is 9.18 Å². The van der Waals surface area contributed by atoms with Gasteiger partial charge in [0.2, 0.25) is 5.83 Å². The van der Waals surface area contributed by atoms with E-state index in [-0.39, 0.29) is 0 Å². The maximum atomic E-state index is 12.7. The first-order valence-electron chi connectivity index (χ1n) is 3.56. The normalized spacial score (nSPS) is 11.5. The number of aliphatic carboxylic acids is 1. The first kappa shape index (κ1) is 11.2. The summed E-state index contributed by atoms with van der Waals surface area (Å²) < 4.78 is 13.2. The van der Waals surface area contributed by atoms with Gasteiger partial charge in [-0.2, -0.15) is 4.39 Å². The van der Waals surface area contributed by atoms with Crippen molar-refractivity contribution in [1.29, 1.82) is 0 Å². The van der Waals surface area contributed by atoms with Gasteiger partial charge in [0, 0.05) is 9.50 Å². The Balaban J connectivity index is 3.09. The van der Waals surface area contributed by atoms with E-state index in [1.165, 1.54) is 6.07 Å². The van der Waals surface area contributed by atoms with E-state index in [0.29, 0.717) is 15.1 Å². The number of carboxylic acid groups (broad SMARTS) is 1. The lowest BCUT2D eigenvalue weighted by Crippen LogP contribution is -1.94. The second-order valence-corrected chi connectivity index (χ2v) is 3.75. The molecule has 0 amide bonds. The zero-order chi connectivity index (χ0) is 10.7. The van der Waals surface area contributed by atoms with Crippen LogP contribution in [0.4, 0.5) is 4.39 Å². The summed E-state index contributed by atoms with van der Waals surface area (Å²) in [4.78, 5) is 10.2. The quantitative estimate of drug-likeness (QED) is 0.841. The summed E-state index contributed by atoms with van der Waals surface area (Å²) in [6, 6.07) is 4.63. The van der Waals surface area contributed by atoms with Crippen molar-refractivity contribution < 1.29 is 14.3 Å². The number of hydrogen-bond donors (Lipinski definition) is 1. The fourth-order valence-corrected chi connectivity index (χ4v) is 1.61. The van der Waals surface area contributed by atoms with Gasteiger partial charge in [0.05, 0.1) is 0 Å². The van der Waals surface area contributed by atoms with Crippen LogP contribution in [0, 0.1) is 0 Å². The molecule has 1 rings (SSSR count). The van der Waals surface area contributed by atoms with Gasteiger partial charge >= 0.3 is 5.97 Å². The summed E-state index contributed by atoms with van der Waals surface area (Å²) in [6.45, 7) is 0. The number of rotatable bonds is 2. The Morgan fingerprint density at radius 3 is 2.71 bits per heavy atom. The molecule has 2 nitrogen and oxygen atoms in total. The van der Waals surface area contributed by atoms with Gasteiger partial charge in [-0.05, 0) is 23.8 Å². The standard InChI is InChI=1S/C9H5BrClFO2/c10-7-4-6(11)2-1-5(7)3-8(12)9(13)14/h1-4H,(H,13,14). The van der Waals surface area contributed by atoms with Crippen LogP contribution in [0.25, 0.3) is 6.08 Å². The largest absolute Gasteiger partial charge is 0.476 e. The van der Waals surface area contributed by atoms with Gasteiger partial charge in [-0.3, -0.25) is 0 Å². The van der Waals surface area contributed by atoms with Crippen LogP contribution in [-0.2, 0) is 4.79 Å². The van der Waals surface area contributed by atoms with Gasteiger partial charge in [0.15, 0.2) is 0 Å². The number of halogens is 3. The SMILES string of the molecule is O=C(O)C(F)=Cc1ccc(Cl)cc1Br. The van der Waals surface area contributed by atoms with Gasteiger partial charge in [-0.25, -0.2) is 4.79 Å². The minimum Gasteiger partial charge on any atom is -0.476 e. The van der Waals surface area contributed by atoms with Crippen LogP contribution < -0.4 is 0 Å². The van der Waals surface area contributed by atoms with Crippen LogP contribution in [0.3, 0.4) is 0 Å². The Bertz CT molecular complexity index is 404. The first-order chi connectivity index (χ1) is 6.50. The molecular formula is C9H5BrClFO2. The zero-order valence-electron chi connectivity index (χ0n) is 6.80. The third-order valence-electron chi connectivity index (χ3n) is 1.45. The first-order valence-corrected chi connectivity index (χ1v) is 4.73. The number of benzene rings is 1. The second-order valence-electron chi connectivity index (χ2n) is 2.46. The van der Waals surface area contributed by atoms with E-state index in [0.717, 1.165) is 6.08 Å². The molecule has 0 saturated heterocycles. The summed E-state index contributed by atoms with van der Waals surface area (Å²) in [6.07, 6.45) is 0.919. The van der Waals surface area contributed by atoms with E-state index >= 15 is 0 Å². The van der Waals surface area contributed by atoms with Crippen molar-refractivity contribution in [3.8, 4) is 0 Å². The fraction of sp³-hybridized carbons (Fsp3) is 0. The van der Waals surface area contributed by atoms with Gasteiger partial charge in [-0.15, -0.1) is 0 Å². The summed E-state index contributed by atoms with van der Waals surface area (Å²) in [5, 5.41) is 8.79. The summed E-state index contributed by atoms with van der Waals surface area (Å²) in [5.74, 6) is -2.81. The molecule has 0 spiro atoms. The highest BCUT2D eigenvalue weighted by atomic mass is 79.9. The van der Waals surface area contributed by atoms with Crippen LogP contribution in [0.2, 0.25) is 5.02 Å². The second kappa shape index (κ2) is 4.57. The predicted octanol–water partition coefficient (Wildman–Crippen LogP) is 3.50. The Labute approximate surface area is 93.1 Å². The molecule has 5 heteroatoms. The van der Waals surface area contributed by atoms with E-state index in [1.807, 2.05) is 0 Å². The minimum absolute atomic E-state index is 0.425. The molecule has 1 aromatic carbocycles. The number of carbonyl (C=O) groups is 1. The Hall–Kier alpha value is -0.870. The van der Waals surface area contributed by atoms with Crippen molar-refractivity contribution in [1.82, 2.24) is 0 Å². The molecule has 0 aliphatic heterocycles. The van der Waals surface area contributed by atoms with Crippen molar-refractivity contribution in [3.05, 3.63) is 39.1 Å². The lowest BCUT2D eigenvalue weighted by molar-refractivity contribution is -0.134. The lowest BCUT2D eigenvalue weighted by Gasteiger charge is -1.98. The van der Waals surface area contributed by atoms with Crippen molar-refractivity contribution >= 4 is 39.6 Å². The lowest BCUT2D eigenvalue weighted by atomic mass is 10.2. The molecule has 0 saturated carbocycles. The molecule has 1 aromatic rings. The smallest absolute Gasteiger partial charge is 0.364 e. The highest BCUT2D eigenvalue weighted by molar-refractivity contribution is 9.10. The molecule has 0 aromatic heterocycles. The molecule has 74 valence electrons. The van der Waals surface area contributed by atoms with Gasteiger partial charge in [0.1, 0.15) is 0 Å². The molecule has 0 atom stereocenters. The zero-order valence-corrected chi connectivity index (χ0v) is 9.14. The van der Waals surface area contributed by atoms with Crippen LogP contribution in [-0.4, -0.2) is 11.1 Å². The van der Waals surface area contributed by atoms with E-state index < -0.39 is 11.8 Å². The Morgan fingerprint density at radius 2 is 2.21 bits per heavy atom. The molecule has 0 bridgehead atoms. The molecule has 0 aliphatic rings. The van der Waals surface area contributed by atoms with Crippen LogP contribution in [0.1, 0.15) is 5.56 Å². The van der Waals surface area contributed by atoms with E-state index in [4.69, 9.17) is 16.7 Å². The molecule has 0 unspecified atom stereocenters. The molecule has 14 heavy (non-hydrogen) atoms. The van der Waals surface area contributed by atoms with Gasteiger partial charge < -0.3 is 5.11 Å². The highest BCUT2D eigenvalue weighted by Gasteiger charge is 2.06. The predicted molar refractivity (Wildman–Crippen MR) is 55.9 cm³/mol. The third-order valence-corrected chi connectivity index (χ3v) is 2.37. The third kappa shape index (κ3) is 2.82. The monoisotopic (exact) mass is 278 g/mol. The fourth-order valence-electron chi connectivity index (χ4n) is 0.817. The summed E-state index contributed by atoms with van der Waals surface area (Å²) in [7, 11) is 0. The summed E-state index contributed by atoms with van der Waals surface area (Å²) >= 11 is 8.79. The summed E-state index contributed by atoms with van der Waals surface area (Å²) in [5.41, 5.74) is 0.425. The van der Waals surface area contributed by atoms with Crippen LogP contribution in [0.15, 0.2) is 28.5 Å². The molecular weight excluding hydrogens is 274 g/mol. The average molecular weight is 279 g/mol. The minimum atomic E-state index is -1.59. The Morgan fingerprint density at radius 1 is 1.57 bits per heavy atom. The maximum absolute atomic E-state index is 12.7. The van der Waals surface area contributed by atoms with Crippen molar-refractivity contribution in [2.75, 3.05) is 0 Å². The Kier molecular flexibility index (Phi) is 3.66. The molecule has 0 aliphatic carbocycles. The average Bonchev–Trinajstić information content (AvgIpc) is 2.09. The maximum Gasteiger partial charge on any atom is 0.364 e. The molecule has 1 N–H and O–H groups in total. The molecule has 0 radical (unpaired) electrons. The molecule has 0 fully saturated rings. The highest BCUT2D eigenvalue weighted by Crippen LogP contribution is 2.23. The van der Waals surface area contributed by atoms with Crippen molar-refractivity contribution in [2.24, 2.45) is 0 Å². The van der Waals surface area contributed by atoms with E-state index in [1.54, 1.807) is 12.1 Å². The van der Waals surface area contributed by atoms with Gasteiger partial charge in [-0.1, -0.05) is 33.6 Å². The topological polar surface area (TPSA) is 37.3 Å². The van der Waals surface area contributed by atoms with Crippen LogP contribution >= 0.6 is 27.5 Å². The van der Waals surface area contributed by atoms with Crippen LogP contribution in [0.5, 0.6) is 0 Å². The number of hydrogen-bond acceptors (Lipinski definition) is 1. The van der Waals surface area contributed by atoms with Crippen molar-refractivity contribution in [3.63, 3.8) is 0 Å². The van der Waals surface area contributed by atoms with Gasteiger partial charge in [0.25, 0.3) is 0 Å². The number of carboxylic acids is 1. The van der Waals surface area contributed by atoms with E-state index in [2.05, 4.69) is 15.9 Å². The van der Waals surface area contributed by atoms with Crippen molar-refractivity contribution in [2.45, 2.75) is 0 Å².